The quantitative estimate of drug-likeness (QED) is 0.727. The number of thiazole rings is 1. The number of rotatable bonds is 2. The molecule has 0 amide bonds. The highest BCUT2D eigenvalue weighted by atomic mass is 32.1. The molecule has 126 valence electrons. The summed E-state index contributed by atoms with van der Waals surface area (Å²) in [6.07, 6.45) is 4.54. The molecule has 3 aromatic rings. The lowest BCUT2D eigenvalue weighted by Crippen LogP contribution is -2.38. The van der Waals surface area contributed by atoms with Crippen LogP contribution >= 0.6 is 11.3 Å². The SMILES string of the molecule is N#CC1=C(N)n2c(s/c(=C/c3ccco3)c2=O)=C(C#N)[C@H]1c1ccco1. The van der Waals surface area contributed by atoms with Crippen molar-refractivity contribution in [2.75, 3.05) is 0 Å². The van der Waals surface area contributed by atoms with E-state index in [1.54, 1.807) is 30.3 Å². The van der Waals surface area contributed by atoms with Crippen LogP contribution in [0.5, 0.6) is 0 Å². The summed E-state index contributed by atoms with van der Waals surface area (Å²) in [5, 5.41) is 19.3. The summed E-state index contributed by atoms with van der Waals surface area (Å²) < 4.78 is 12.6. The molecule has 8 heteroatoms. The number of nitrogens with two attached hydrogens (primary N) is 1. The highest BCUT2D eigenvalue weighted by molar-refractivity contribution is 7.07. The van der Waals surface area contributed by atoms with Gasteiger partial charge in [-0.25, -0.2) is 0 Å². The number of furan rings is 2. The van der Waals surface area contributed by atoms with Crippen molar-refractivity contribution >= 4 is 28.8 Å². The Morgan fingerprint density at radius 2 is 1.88 bits per heavy atom. The maximum absolute atomic E-state index is 12.8. The standard InChI is InChI=1S/C18H10N4O3S/c19-8-11-15(13-4-2-6-25-13)12(9-20)18-22(16(11)21)17(23)14(26-18)7-10-3-1-5-24-10/h1-7,15H,21H2/b14-7+/t15-/m0/s1. The number of nitrogens with zero attached hydrogens (tertiary/aromatic N) is 3. The van der Waals surface area contributed by atoms with Gasteiger partial charge in [-0.15, -0.1) is 11.3 Å². The van der Waals surface area contributed by atoms with Gasteiger partial charge in [0, 0.05) is 6.08 Å². The van der Waals surface area contributed by atoms with E-state index in [1.165, 1.54) is 17.1 Å². The summed E-state index contributed by atoms with van der Waals surface area (Å²) in [4.78, 5) is 12.8. The van der Waals surface area contributed by atoms with E-state index in [0.29, 0.717) is 20.7 Å². The lowest BCUT2D eigenvalue weighted by molar-refractivity contribution is 0.508. The minimum absolute atomic E-state index is 0.00300. The third-order valence-corrected chi connectivity index (χ3v) is 5.14. The lowest BCUT2D eigenvalue weighted by atomic mass is 9.88. The maximum atomic E-state index is 12.8. The molecule has 2 N–H and O–H groups in total. The molecular formula is C18H10N4O3S. The minimum Gasteiger partial charge on any atom is -0.468 e. The summed E-state index contributed by atoms with van der Waals surface area (Å²) >= 11 is 1.12. The fourth-order valence-electron chi connectivity index (χ4n) is 2.89. The second-order valence-corrected chi connectivity index (χ2v) is 6.49. The monoisotopic (exact) mass is 362 g/mol. The van der Waals surface area contributed by atoms with E-state index in [1.807, 2.05) is 6.07 Å². The molecule has 0 saturated carbocycles. The number of fused-ring (bicyclic) bond motifs is 1. The molecular weight excluding hydrogens is 352 g/mol. The largest absolute Gasteiger partial charge is 0.468 e. The zero-order valence-corrected chi connectivity index (χ0v) is 14.0. The number of hydrogen-bond acceptors (Lipinski definition) is 7. The molecule has 26 heavy (non-hydrogen) atoms. The number of allylic oxidation sites excluding steroid dienone is 1. The van der Waals surface area contributed by atoms with Crippen LogP contribution in [0.3, 0.4) is 0 Å². The van der Waals surface area contributed by atoms with Crippen molar-refractivity contribution in [2.24, 2.45) is 5.73 Å². The van der Waals surface area contributed by atoms with Crippen LogP contribution in [0.1, 0.15) is 17.4 Å². The highest BCUT2D eigenvalue weighted by Gasteiger charge is 2.33. The third-order valence-electron chi connectivity index (χ3n) is 4.03. The second-order valence-electron chi connectivity index (χ2n) is 5.46. The Labute approximate surface area is 150 Å². The van der Waals surface area contributed by atoms with Gasteiger partial charge in [0.2, 0.25) is 0 Å². The van der Waals surface area contributed by atoms with E-state index >= 15 is 0 Å². The molecule has 1 aliphatic rings. The van der Waals surface area contributed by atoms with Crippen molar-refractivity contribution < 1.29 is 8.83 Å². The third kappa shape index (κ3) is 2.21. The number of hydrogen-bond donors (Lipinski definition) is 1. The van der Waals surface area contributed by atoms with E-state index in [0.717, 1.165) is 11.3 Å². The molecule has 7 nitrogen and oxygen atoms in total. The van der Waals surface area contributed by atoms with Gasteiger partial charge in [0.05, 0.1) is 46.3 Å². The zero-order valence-electron chi connectivity index (χ0n) is 13.2. The normalized spacial score (nSPS) is 17.1. The summed E-state index contributed by atoms with van der Waals surface area (Å²) in [6, 6.07) is 10.9. The van der Waals surface area contributed by atoms with Crippen molar-refractivity contribution in [3.05, 3.63) is 73.4 Å². The fourth-order valence-corrected chi connectivity index (χ4v) is 4.00. The van der Waals surface area contributed by atoms with E-state index in [-0.39, 0.29) is 17.0 Å². The van der Waals surface area contributed by atoms with Gasteiger partial charge >= 0.3 is 0 Å². The van der Waals surface area contributed by atoms with Crippen LogP contribution < -0.4 is 20.5 Å². The Hall–Kier alpha value is -3.75. The molecule has 0 aromatic carbocycles. The van der Waals surface area contributed by atoms with Crippen LogP contribution in [0.4, 0.5) is 0 Å². The maximum Gasteiger partial charge on any atom is 0.274 e. The molecule has 1 atom stereocenters. The molecule has 0 spiro atoms. The van der Waals surface area contributed by atoms with Crippen LogP contribution in [-0.4, -0.2) is 4.57 Å². The van der Waals surface area contributed by atoms with Crippen molar-refractivity contribution in [3.8, 4) is 12.1 Å². The van der Waals surface area contributed by atoms with Crippen LogP contribution in [0.2, 0.25) is 0 Å². The first-order valence-electron chi connectivity index (χ1n) is 7.50. The molecule has 0 aliphatic carbocycles. The predicted octanol–water partition coefficient (Wildman–Crippen LogP) is 1.05. The molecule has 0 radical (unpaired) electrons. The van der Waals surface area contributed by atoms with Gasteiger partial charge in [0.25, 0.3) is 5.56 Å². The van der Waals surface area contributed by atoms with Gasteiger partial charge in [0.1, 0.15) is 22.0 Å². The van der Waals surface area contributed by atoms with Crippen molar-refractivity contribution in [2.45, 2.75) is 5.92 Å². The molecule has 3 aromatic heterocycles. The Morgan fingerprint density at radius 1 is 1.15 bits per heavy atom. The van der Waals surface area contributed by atoms with Crippen LogP contribution in [0, 0.1) is 22.7 Å². The van der Waals surface area contributed by atoms with Gasteiger partial charge in [-0.3, -0.25) is 9.36 Å². The van der Waals surface area contributed by atoms with Gasteiger partial charge < -0.3 is 14.6 Å². The molecule has 0 fully saturated rings. The smallest absolute Gasteiger partial charge is 0.274 e. The lowest BCUT2D eigenvalue weighted by Gasteiger charge is -2.19. The fraction of sp³-hybridized carbons (Fsp3) is 0.0556. The average molecular weight is 362 g/mol. The van der Waals surface area contributed by atoms with Crippen molar-refractivity contribution in [1.82, 2.24) is 4.57 Å². The Bertz CT molecular complexity index is 1280. The zero-order chi connectivity index (χ0) is 18.3. The predicted molar refractivity (Wildman–Crippen MR) is 93.6 cm³/mol. The minimum atomic E-state index is -0.741. The Balaban J connectivity index is 2.11. The van der Waals surface area contributed by atoms with E-state index in [4.69, 9.17) is 14.6 Å². The van der Waals surface area contributed by atoms with Crippen molar-refractivity contribution in [3.63, 3.8) is 0 Å². The molecule has 0 saturated heterocycles. The average Bonchev–Trinajstić information content (AvgIpc) is 3.38. The number of aromatic nitrogens is 1. The van der Waals surface area contributed by atoms with Crippen LogP contribution in [0.15, 0.2) is 56.0 Å². The van der Waals surface area contributed by atoms with Crippen LogP contribution in [0.25, 0.3) is 17.5 Å². The van der Waals surface area contributed by atoms with Gasteiger partial charge in [-0.1, -0.05) is 0 Å². The Morgan fingerprint density at radius 3 is 2.50 bits per heavy atom. The summed E-state index contributed by atoms with van der Waals surface area (Å²) in [7, 11) is 0. The molecule has 0 bridgehead atoms. The first-order valence-corrected chi connectivity index (χ1v) is 8.32. The topological polar surface area (TPSA) is 122 Å². The van der Waals surface area contributed by atoms with Gasteiger partial charge in [0.15, 0.2) is 0 Å². The summed E-state index contributed by atoms with van der Waals surface area (Å²) in [6.45, 7) is 0. The molecule has 4 heterocycles. The molecule has 0 unspecified atom stereocenters. The van der Waals surface area contributed by atoms with E-state index < -0.39 is 11.5 Å². The van der Waals surface area contributed by atoms with E-state index in [2.05, 4.69) is 6.07 Å². The Kier molecular flexibility index (Phi) is 3.61. The van der Waals surface area contributed by atoms with Crippen molar-refractivity contribution in [1.29, 1.82) is 10.5 Å². The summed E-state index contributed by atoms with van der Waals surface area (Å²) in [5.74, 6) is 0.188. The second kappa shape index (κ2) is 5.96. The van der Waals surface area contributed by atoms with Crippen LogP contribution in [-0.2, 0) is 0 Å². The highest BCUT2D eigenvalue weighted by Crippen LogP contribution is 2.35. The van der Waals surface area contributed by atoms with Gasteiger partial charge in [-0.2, -0.15) is 10.5 Å². The van der Waals surface area contributed by atoms with Gasteiger partial charge in [-0.05, 0) is 24.3 Å². The number of nitriles is 2. The molecule has 4 rings (SSSR count). The summed E-state index contributed by atoms with van der Waals surface area (Å²) in [5.41, 5.74) is 6.07. The van der Waals surface area contributed by atoms with E-state index in [9.17, 15) is 15.3 Å². The first-order chi connectivity index (χ1) is 12.7. The first kappa shape index (κ1) is 15.8. The molecule has 1 aliphatic heterocycles.